The lowest BCUT2D eigenvalue weighted by Gasteiger charge is -2.10. The Bertz CT molecular complexity index is 730. The number of hydrogen-bond acceptors (Lipinski definition) is 3. The Morgan fingerprint density at radius 3 is 2.50 bits per heavy atom. The minimum Gasteiger partial charge on any atom is -0.380 e. The molecule has 0 aromatic heterocycles. The molecule has 0 aliphatic heterocycles. The maximum atomic E-state index is 11.5. The second kappa shape index (κ2) is 6.04. The molecule has 20 heavy (non-hydrogen) atoms. The molecule has 2 aromatic rings. The third-order valence-corrected chi connectivity index (χ3v) is 4.41. The van der Waals surface area contributed by atoms with Crippen LogP contribution in [-0.2, 0) is 16.4 Å². The molecule has 1 N–H and O–H groups in total. The molecule has 0 spiro atoms. The Balaban J connectivity index is 2.21. The number of halogens is 2. The summed E-state index contributed by atoms with van der Waals surface area (Å²) in [6.45, 7) is 0.507. The summed E-state index contributed by atoms with van der Waals surface area (Å²) in [5.41, 5.74) is 1.56. The van der Waals surface area contributed by atoms with Gasteiger partial charge in [-0.1, -0.05) is 35.3 Å². The molecule has 0 aliphatic carbocycles. The highest BCUT2D eigenvalue weighted by atomic mass is 35.5. The van der Waals surface area contributed by atoms with Gasteiger partial charge < -0.3 is 5.32 Å². The van der Waals surface area contributed by atoms with Crippen molar-refractivity contribution in [1.29, 1.82) is 0 Å². The van der Waals surface area contributed by atoms with Gasteiger partial charge in [-0.25, -0.2) is 8.42 Å². The molecule has 2 aromatic carbocycles. The fraction of sp³-hybridized carbons (Fsp3) is 0.143. The fourth-order valence-corrected chi connectivity index (χ4v) is 2.76. The Morgan fingerprint density at radius 2 is 1.85 bits per heavy atom. The standard InChI is InChI=1S/C14H13Cl2NO2S/c1-20(18,19)12-5-6-13(16)14(8-12)17-9-10-3-2-4-11(15)7-10/h2-8,17H,9H2,1H3. The van der Waals surface area contributed by atoms with Gasteiger partial charge in [0, 0.05) is 17.8 Å². The molecule has 0 amide bonds. The van der Waals surface area contributed by atoms with Crippen LogP contribution in [0.4, 0.5) is 5.69 Å². The minimum absolute atomic E-state index is 0.232. The minimum atomic E-state index is -3.25. The van der Waals surface area contributed by atoms with Crippen molar-refractivity contribution >= 4 is 38.7 Å². The van der Waals surface area contributed by atoms with Crippen LogP contribution >= 0.6 is 23.2 Å². The van der Waals surface area contributed by atoms with Gasteiger partial charge in [-0.15, -0.1) is 0 Å². The second-order valence-corrected chi connectivity index (χ2v) is 7.26. The topological polar surface area (TPSA) is 46.2 Å². The van der Waals surface area contributed by atoms with Crippen LogP contribution in [-0.4, -0.2) is 14.7 Å². The lowest BCUT2D eigenvalue weighted by atomic mass is 10.2. The van der Waals surface area contributed by atoms with Gasteiger partial charge in [0.05, 0.1) is 15.6 Å². The zero-order valence-electron chi connectivity index (χ0n) is 10.7. The molecule has 3 nitrogen and oxygen atoms in total. The first-order valence-electron chi connectivity index (χ1n) is 5.84. The summed E-state index contributed by atoms with van der Waals surface area (Å²) >= 11 is 12.0. The van der Waals surface area contributed by atoms with Crippen LogP contribution in [0.2, 0.25) is 10.0 Å². The summed E-state index contributed by atoms with van der Waals surface area (Å²) in [6.07, 6.45) is 1.16. The Hall–Kier alpha value is -1.23. The van der Waals surface area contributed by atoms with Gasteiger partial charge in [0.25, 0.3) is 0 Å². The van der Waals surface area contributed by atoms with Crippen molar-refractivity contribution in [1.82, 2.24) is 0 Å². The summed E-state index contributed by atoms with van der Waals surface area (Å²) in [6, 6.07) is 12.0. The zero-order chi connectivity index (χ0) is 14.8. The maximum Gasteiger partial charge on any atom is 0.175 e. The van der Waals surface area contributed by atoms with Gasteiger partial charge in [0.2, 0.25) is 0 Å². The Labute approximate surface area is 128 Å². The van der Waals surface area contributed by atoms with Gasteiger partial charge in [0.15, 0.2) is 9.84 Å². The normalized spacial score (nSPS) is 11.3. The third kappa shape index (κ3) is 3.88. The van der Waals surface area contributed by atoms with Crippen LogP contribution in [0, 0.1) is 0 Å². The number of sulfone groups is 1. The van der Waals surface area contributed by atoms with Crippen LogP contribution < -0.4 is 5.32 Å². The summed E-state index contributed by atoms with van der Waals surface area (Å²) in [4.78, 5) is 0.232. The van der Waals surface area contributed by atoms with Crippen LogP contribution in [0.15, 0.2) is 47.4 Å². The van der Waals surface area contributed by atoms with Crippen molar-refractivity contribution in [3.63, 3.8) is 0 Å². The average molecular weight is 330 g/mol. The number of anilines is 1. The lowest BCUT2D eigenvalue weighted by molar-refractivity contribution is 0.602. The largest absolute Gasteiger partial charge is 0.380 e. The number of benzene rings is 2. The van der Waals surface area contributed by atoms with Crippen LogP contribution in [0.1, 0.15) is 5.56 Å². The van der Waals surface area contributed by atoms with Gasteiger partial charge in [0.1, 0.15) is 0 Å². The van der Waals surface area contributed by atoms with Crippen LogP contribution in [0.25, 0.3) is 0 Å². The van der Waals surface area contributed by atoms with Crippen molar-refractivity contribution in [3.8, 4) is 0 Å². The smallest absolute Gasteiger partial charge is 0.175 e. The Kier molecular flexibility index (Phi) is 4.58. The van der Waals surface area contributed by atoms with Crippen molar-refractivity contribution in [3.05, 3.63) is 58.1 Å². The van der Waals surface area contributed by atoms with E-state index in [1.165, 1.54) is 12.1 Å². The highest BCUT2D eigenvalue weighted by molar-refractivity contribution is 7.90. The first-order valence-corrected chi connectivity index (χ1v) is 8.49. The number of nitrogens with one attached hydrogen (secondary N) is 1. The van der Waals surface area contributed by atoms with E-state index in [2.05, 4.69) is 5.32 Å². The van der Waals surface area contributed by atoms with E-state index in [0.717, 1.165) is 11.8 Å². The first-order chi connectivity index (χ1) is 9.36. The molecule has 0 fully saturated rings. The summed E-state index contributed by atoms with van der Waals surface area (Å²) < 4.78 is 23.1. The quantitative estimate of drug-likeness (QED) is 0.921. The van der Waals surface area contributed by atoms with E-state index < -0.39 is 9.84 Å². The van der Waals surface area contributed by atoms with Crippen LogP contribution in [0.3, 0.4) is 0 Å². The monoisotopic (exact) mass is 329 g/mol. The molecular formula is C14H13Cl2NO2S. The molecule has 2 rings (SSSR count). The Morgan fingerprint density at radius 1 is 1.10 bits per heavy atom. The van der Waals surface area contributed by atoms with E-state index in [9.17, 15) is 8.42 Å². The van der Waals surface area contributed by atoms with E-state index in [0.29, 0.717) is 22.3 Å². The van der Waals surface area contributed by atoms with Crippen molar-refractivity contribution in [2.24, 2.45) is 0 Å². The average Bonchev–Trinajstić information content (AvgIpc) is 2.36. The number of hydrogen-bond donors (Lipinski definition) is 1. The predicted octanol–water partition coefficient (Wildman–Crippen LogP) is 4.01. The predicted molar refractivity (Wildman–Crippen MR) is 83.3 cm³/mol. The van der Waals surface area contributed by atoms with Crippen LogP contribution in [0.5, 0.6) is 0 Å². The van der Waals surface area contributed by atoms with Crippen molar-refractivity contribution in [2.75, 3.05) is 11.6 Å². The molecule has 0 saturated heterocycles. The molecule has 0 aliphatic rings. The highest BCUT2D eigenvalue weighted by Gasteiger charge is 2.10. The summed E-state index contributed by atoms with van der Waals surface area (Å²) in [5, 5.41) is 4.24. The first kappa shape index (κ1) is 15.2. The molecule has 0 atom stereocenters. The van der Waals surface area contributed by atoms with E-state index in [1.54, 1.807) is 12.1 Å². The molecule has 0 bridgehead atoms. The SMILES string of the molecule is CS(=O)(=O)c1ccc(Cl)c(NCc2cccc(Cl)c2)c1. The van der Waals surface area contributed by atoms with E-state index in [4.69, 9.17) is 23.2 Å². The van der Waals surface area contributed by atoms with Crippen molar-refractivity contribution in [2.45, 2.75) is 11.4 Å². The summed E-state index contributed by atoms with van der Waals surface area (Å²) in [5.74, 6) is 0. The zero-order valence-corrected chi connectivity index (χ0v) is 13.1. The second-order valence-electron chi connectivity index (χ2n) is 4.40. The fourth-order valence-electron chi connectivity index (χ4n) is 1.71. The molecule has 0 radical (unpaired) electrons. The van der Waals surface area contributed by atoms with Gasteiger partial charge in [-0.3, -0.25) is 0 Å². The van der Waals surface area contributed by atoms with Crippen molar-refractivity contribution < 1.29 is 8.42 Å². The molecule has 0 unspecified atom stereocenters. The van der Waals surface area contributed by atoms with E-state index in [1.807, 2.05) is 18.2 Å². The van der Waals surface area contributed by atoms with Gasteiger partial charge >= 0.3 is 0 Å². The highest BCUT2D eigenvalue weighted by Crippen LogP contribution is 2.26. The van der Waals surface area contributed by atoms with E-state index >= 15 is 0 Å². The maximum absolute atomic E-state index is 11.5. The molecular weight excluding hydrogens is 317 g/mol. The number of rotatable bonds is 4. The summed E-state index contributed by atoms with van der Waals surface area (Å²) in [7, 11) is -3.25. The molecule has 6 heteroatoms. The molecule has 0 heterocycles. The molecule has 0 saturated carbocycles. The lowest BCUT2D eigenvalue weighted by Crippen LogP contribution is -2.02. The van der Waals surface area contributed by atoms with E-state index in [-0.39, 0.29) is 4.90 Å². The van der Waals surface area contributed by atoms with Gasteiger partial charge in [-0.2, -0.15) is 0 Å². The third-order valence-electron chi connectivity index (χ3n) is 2.74. The molecule has 106 valence electrons. The van der Waals surface area contributed by atoms with Gasteiger partial charge in [-0.05, 0) is 35.9 Å².